The minimum absolute atomic E-state index is 0.322. The highest BCUT2D eigenvalue weighted by Gasteiger charge is 2.11. The summed E-state index contributed by atoms with van der Waals surface area (Å²) in [6.07, 6.45) is 7.50. The van der Waals surface area contributed by atoms with E-state index in [0.29, 0.717) is 12.5 Å². The third kappa shape index (κ3) is 2.58. The van der Waals surface area contributed by atoms with Crippen LogP contribution in [0.15, 0.2) is 24.8 Å². The predicted octanol–water partition coefficient (Wildman–Crippen LogP) is 1.68. The van der Waals surface area contributed by atoms with Gasteiger partial charge in [-0.3, -0.25) is 0 Å². The molecule has 1 aliphatic carbocycles. The van der Waals surface area contributed by atoms with Gasteiger partial charge in [0, 0.05) is 6.08 Å². The normalized spacial score (nSPS) is 16.7. The lowest BCUT2D eigenvalue weighted by molar-refractivity contribution is -0.138. The fraction of sp³-hybridized carbons (Fsp3) is 0.444. The first kappa shape index (κ1) is 8.05. The first-order valence-corrected chi connectivity index (χ1v) is 3.77. The molecule has 0 unspecified atom stereocenters. The molecule has 0 aliphatic heterocycles. The summed E-state index contributed by atoms with van der Waals surface area (Å²) in [5.41, 5.74) is 0. The molecule has 0 amide bonds. The van der Waals surface area contributed by atoms with Crippen LogP contribution in [0.25, 0.3) is 0 Å². The second-order valence-electron chi connectivity index (χ2n) is 2.64. The molecular weight excluding hydrogens is 140 g/mol. The van der Waals surface area contributed by atoms with Crippen molar-refractivity contribution in [3.05, 3.63) is 24.8 Å². The Labute approximate surface area is 66.5 Å². The van der Waals surface area contributed by atoms with E-state index < -0.39 is 0 Å². The minimum atomic E-state index is -0.322. The maximum absolute atomic E-state index is 10.6. The summed E-state index contributed by atoms with van der Waals surface area (Å²) < 4.78 is 4.88. The Hall–Kier alpha value is -1.05. The number of rotatable bonds is 3. The minimum Gasteiger partial charge on any atom is -0.462 e. The summed E-state index contributed by atoms with van der Waals surface area (Å²) in [6.45, 7) is 3.84. The maximum Gasteiger partial charge on any atom is 0.330 e. The van der Waals surface area contributed by atoms with E-state index >= 15 is 0 Å². The Morgan fingerprint density at radius 3 is 2.82 bits per heavy atom. The third-order valence-corrected chi connectivity index (χ3v) is 1.73. The molecule has 11 heavy (non-hydrogen) atoms. The van der Waals surface area contributed by atoms with Crippen molar-refractivity contribution in [3.8, 4) is 0 Å². The van der Waals surface area contributed by atoms with E-state index in [4.69, 9.17) is 4.74 Å². The monoisotopic (exact) mass is 152 g/mol. The number of carbonyl (C=O) groups excluding carboxylic acids is 1. The van der Waals surface area contributed by atoms with Gasteiger partial charge < -0.3 is 4.74 Å². The van der Waals surface area contributed by atoms with Gasteiger partial charge in [0.2, 0.25) is 0 Å². The van der Waals surface area contributed by atoms with Crippen molar-refractivity contribution in [2.24, 2.45) is 5.92 Å². The van der Waals surface area contributed by atoms with E-state index in [1.807, 2.05) is 0 Å². The molecule has 0 saturated heterocycles. The van der Waals surface area contributed by atoms with Gasteiger partial charge in [-0.2, -0.15) is 0 Å². The molecule has 0 heterocycles. The highest BCUT2D eigenvalue weighted by molar-refractivity contribution is 5.81. The van der Waals surface area contributed by atoms with Crippen LogP contribution in [0.3, 0.4) is 0 Å². The molecule has 0 spiro atoms. The Balaban J connectivity index is 2.12. The van der Waals surface area contributed by atoms with Gasteiger partial charge in [-0.1, -0.05) is 18.7 Å². The molecule has 0 aromatic heterocycles. The lowest BCUT2D eigenvalue weighted by Crippen LogP contribution is -2.09. The molecular formula is C9H12O2. The van der Waals surface area contributed by atoms with Gasteiger partial charge in [0.25, 0.3) is 0 Å². The molecule has 1 aliphatic rings. The van der Waals surface area contributed by atoms with Crippen LogP contribution in [0.4, 0.5) is 0 Å². The molecule has 0 atom stereocenters. The summed E-state index contributed by atoms with van der Waals surface area (Å²) in [4.78, 5) is 10.6. The van der Waals surface area contributed by atoms with E-state index in [-0.39, 0.29) is 5.97 Å². The quantitative estimate of drug-likeness (QED) is 0.349. The molecule has 60 valence electrons. The second kappa shape index (κ2) is 3.96. The van der Waals surface area contributed by atoms with Crippen molar-refractivity contribution in [2.45, 2.75) is 12.8 Å². The number of hydrogen-bond donors (Lipinski definition) is 0. The Bertz CT molecular complexity index is 174. The predicted molar refractivity (Wildman–Crippen MR) is 43.0 cm³/mol. The summed E-state index contributed by atoms with van der Waals surface area (Å²) in [5, 5.41) is 0. The van der Waals surface area contributed by atoms with Gasteiger partial charge in [-0.15, -0.1) is 0 Å². The number of carbonyl (C=O) groups is 1. The van der Waals surface area contributed by atoms with Crippen LogP contribution in [0.1, 0.15) is 12.8 Å². The number of ether oxygens (including phenoxy) is 1. The molecule has 0 aromatic rings. The molecule has 2 nitrogen and oxygen atoms in total. The van der Waals surface area contributed by atoms with Gasteiger partial charge in [-0.05, 0) is 18.8 Å². The molecule has 1 rings (SSSR count). The Morgan fingerprint density at radius 1 is 1.64 bits per heavy atom. The largest absolute Gasteiger partial charge is 0.462 e. The first-order valence-electron chi connectivity index (χ1n) is 3.77. The fourth-order valence-electron chi connectivity index (χ4n) is 1.07. The second-order valence-corrected chi connectivity index (χ2v) is 2.64. The van der Waals surface area contributed by atoms with Crippen LogP contribution < -0.4 is 0 Å². The van der Waals surface area contributed by atoms with Crippen molar-refractivity contribution in [1.82, 2.24) is 0 Å². The first-order chi connectivity index (χ1) is 5.33. The van der Waals surface area contributed by atoms with E-state index in [9.17, 15) is 4.79 Å². The molecule has 2 heteroatoms. The molecule has 0 radical (unpaired) electrons. The lowest BCUT2D eigenvalue weighted by atomic mass is 10.1. The summed E-state index contributed by atoms with van der Waals surface area (Å²) in [5.74, 6) is 0.177. The zero-order chi connectivity index (χ0) is 8.10. The average Bonchev–Trinajstić information content (AvgIpc) is 2.52. The van der Waals surface area contributed by atoms with Gasteiger partial charge >= 0.3 is 5.97 Å². The van der Waals surface area contributed by atoms with Crippen LogP contribution in [-0.4, -0.2) is 12.6 Å². The topological polar surface area (TPSA) is 26.3 Å². The van der Waals surface area contributed by atoms with E-state index in [0.717, 1.165) is 12.8 Å². The number of hydrogen-bond acceptors (Lipinski definition) is 2. The van der Waals surface area contributed by atoms with Crippen LogP contribution in [-0.2, 0) is 9.53 Å². The van der Waals surface area contributed by atoms with Crippen LogP contribution in [0.2, 0.25) is 0 Å². The molecule has 0 saturated carbocycles. The van der Waals surface area contributed by atoms with Gasteiger partial charge in [0.05, 0.1) is 6.61 Å². The Kier molecular flexibility index (Phi) is 2.90. The van der Waals surface area contributed by atoms with Crippen molar-refractivity contribution in [3.63, 3.8) is 0 Å². The number of esters is 1. The van der Waals surface area contributed by atoms with E-state index in [1.54, 1.807) is 0 Å². The van der Waals surface area contributed by atoms with E-state index in [1.165, 1.54) is 6.08 Å². The van der Waals surface area contributed by atoms with Crippen LogP contribution >= 0.6 is 0 Å². The third-order valence-electron chi connectivity index (χ3n) is 1.73. The van der Waals surface area contributed by atoms with Gasteiger partial charge in [-0.25, -0.2) is 4.79 Å². The van der Waals surface area contributed by atoms with Gasteiger partial charge in [0.15, 0.2) is 0 Å². The van der Waals surface area contributed by atoms with Crippen molar-refractivity contribution >= 4 is 5.97 Å². The number of allylic oxidation sites excluding steroid dienone is 2. The van der Waals surface area contributed by atoms with Crippen LogP contribution in [0, 0.1) is 5.92 Å². The molecule has 0 aromatic carbocycles. The highest BCUT2D eigenvalue weighted by atomic mass is 16.5. The SMILES string of the molecule is C=CC(=O)OCC1CC=CC1. The summed E-state index contributed by atoms with van der Waals surface area (Å²) >= 11 is 0. The highest BCUT2D eigenvalue weighted by Crippen LogP contribution is 2.17. The van der Waals surface area contributed by atoms with Gasteiger partial charge in [0.1, 0.15) is 0 Å². The molecule has 0 bridgehead atoms. The molecule has 0 fully saturated rings. The van der Waals surface area contributed by atoms with Crippen molar-refractivity contribution in [2.75, 3.05) is 6.61 Å². The zero-order valence-corrected chi connectivity index (χ0v) is 6.45. The van der Waals surface area contributed by atoms with Crippen molar-refractivity contribution in [1.29, 1.82) is 0 Å². The maximum atomic E-state index is 10.6. The van der Waals surface area contributed by atoms with Crippen molar-refractivity contribution < 1.29 is 9.53 Å². The lowest BCUT2D eigenvalue weighted by Gasteiger charge is -2.07. The van der Waals surface area contributed by atoms with Crippen LogP contribution in [0.5, 0.6) is 0 Å². The smallest absolute Gasteiger partial charge is 0.330 e. The Morgan fingerprint density at radius 2 is 2.27 bits per heavy atom. The zero-order valence-electron chi connectivity index (χ0n) is 6.45. The molecule has 0 N–H and O–H groups in total. The summed E-state index contributed by atoms with van der Waals surface area (Å²) in [7, 11) is 0. The van der Waals surface area contributed by atoms with E-state index in [2.05, 4.69) is 18.7 Å². The average molecular weight is 152 g/mol. The fourth-order valence-corrected chi connectivity index (χ4v) is 1.07. The standard InChI is InChI=1S/C9H12O2/c1-2-9(10)11-7-8-5-3-4-6-8/h2-4,8H,1,5-7H2. The summed E-state index contributed by atoms with van der Waals surface area (Å²) in [6, 6.07) is 0.